The minimum atomic E-state index is -0.992. The van der Waals surface area contributed by atoms with E-state index in [1.165, 1.54) is 6.07 Å². The first-order valence-electron chi connectivity index (χ1n) is 3.79. The number of carboxylic acids is 1. The van der Waals surface area contributed by atoms with Crippen LogP contribution < -0.4 is 0 Å². The number of benzene rings is 1. The lowest BCUT2D eigenvalue weighted by molar-refractivity contribution is 0.0691. The van der Waals surface area contributed by atoms with Crippen molar-refractivity contribution in [3.8, 4) is 0 Å². The predicted octanol–water partition coefficient (Wildman–Crippen LogP) is 3.28. The van der Waals surface area contributed by atoms with Gasteiger partial charge in [0.1, 0.15) is 5.69 Å². The third kappa shape index (κ3) is 1.40. The monoisotopic (exact) mass is 273 g/mol. The Bertz CT molecular complexity index is 521. The Kier molecular flexibility index (Phi) is 2.25. The van der Waals surface area contributed by atoms with Crippen LogP contribution in [0.5, 0.6) is 0 Å². The Hall–Kier alpha value is -1.00. The molecule has 72 valence electrons. The van der Waals surface area contributed by atoms with Crippen LogP contribution in [0.15, 0.2) is 22.7 Å². The second-order valence-corrected chi connectivity index (χ2v) is 4.04. The summed E-state index contributed by atoms with van der Waals surface area (Å²) in [4.78, 5) is 13.4. The maximum Gasteiger partial charge on any atom is 0.352 e. The van der Waals surface area contributed by atoms with Crippen LogP contribution in [-0.2, 0) is 0 Å². The zero-order chi connectivity index (χ0) is 10.3. The van der Waals surface area contributed by atoms with Gasteiger partial charge in [0.2, 0.25) is 0 Å². The molecule has 2 N–H and O–H groups in total. The van der Waals surface area contributed by atoms with Crippen LogP contribution in [0.2, 0.25) is 5.02 Å². The molecule has 2 rings (SSSR count). The number of nitrogens with one attached hydrogen (secondary N) is 1. The molecule has 0 unspecified atom stereocenters. The van der Waals surface area contributed by atoms with Crippen LogP contribution in [0.3, 0.4) is 0 Å². The molecule has 0 spiro atoms. The number of aromatic amines is 1. The Morgan fingerprint density at radius 3 is 2.86 bits per heavy atom. The van der Waals surface area contributed by atoms with Gasteiger partial charge in [-0.1, -0.05) is 11.6 Å². The van der Waals surface area contributed by atoms with Crippen LogP contribution in [-0.4, -0.2) is 16.1 Å². The average Bonchev–Trinajstić information content (AvgIpc) is 2.56. The molecule has 5 heteroatoms. The van der Waals surface area contributed by atoms with E-state index in [0.29, 0.717) is 10.4 Å². The number of fused-ring (bicyclic) bond motifs is 1. The quantitative estimate of drug-likeness (QED) is 0.838. The number of carbonyl (C=O) groups is 1. The summed E-state index contributed by atoms with van der Waals surface area (Å²) in [5.41, 5.74) is 0.857. The normalized spacial score (nSPS) is 10.7. The maximum atomic E-state index is 10.7. The van der Waals surface area contributed by atoms with E-state index in [1.807, 2.05) is 0 Å². The van der Waals surface area contributed by atoms with Gasteiger partial charge in [0.15, 0.2) is 0 Å². The number of aromatic carboxylic acids is 1. The number of hydrogen-bond acceptors (Lipinski definition) is 1. The summed E-state index contributed by atoms with van der Waals surface area (Å²) in [6, 6.07) is 5.06. The van der Waals surface area contributed by atoms with Gasteiger partial charge in [-0.25, -0.2) is 4.79 Å². The number of hydrogen-bond donors (Lipinski definition) is 2. The van der Waals surface area contributed by atoms with Gasteiger partial charge in [-0.15, -0.1) is 0 Å². The molecule has 1 aromatic heterocycles. The molecular weight excluding hydrogens is 269 g/mol. The van der Waals surface area contributed by atoms with Gasteiger partial charge in [0, 0.05) is 15.4 Å². The molecule has 0 amide bonds. The van der Waals surface area contributed by atoms with Crippen molar-refractivity contribution >= 4 is 44.4 Å². The maximum absolute atomic E-state index is 10.7. The first-order valence-corrected chi connectivity index (χ1v) is 4.96. The van der Waals surface area contributed by atoms with Crippen molar-refractivity contribution in [3.05, 3.63) is 33.4 Å². The van der Waals surface area contributed by atoms with Gasteiger partial charge in [-0.05, 0) is 34.1 Å². The van der Waals surface area contributed by atoms with E-state index in [9.17, 15) is 4.79 Å². The van der Waals surface area contributed by atoms with Crippen molar-refractivity contribution in [1.82, 2.24) is 4.98 Å². The fraction of sp³-hybridized carbons (Fsp3) is 0. The molecule has 0 bridgehead atoms. The standard InChI is InChI=1S/C9H5BrClNO2/c10-5-1-2-6-4(8(5)11)3-7(12-6)9(13)14/h1-3,12H,(H,13,14). The van der Waals surface area contributed by atoms with Gasteiger partial charge in [0.05, 0.1) is 5.02 Å². The van der Waals surface area contributed by atoms with Crippen molar-refractivity contribution in [2.75, 3.05) is 0 Å². The molecule has 0 aliphatic carbocycles. The van der Waals surface area contributed by atoms with Crippen molar-refractivity contribution in [3.63, 3.8) is 0 Å². The largest absolute Gasteiger partial charge is 0.477 e. The summed E-state index contributed by atoms with van der Waals surface area (Å²) in [6.07, 6.45) is 0. The second kappa shape index (κ2) is 3.29. The van der Waals surface area contributed by atoms with E-state index in [2.05, 4.69) is 20.9 Å². The van der Waals surface area contributed by atoms with Gasteiger partial charge in [-0.2, -0.15) is 0 Å². The average molecular weight is 275 g/mol. The van der Waals surface area contributed by atoms with Crippen LogP contribution in [0.1, 0.15) is 10.5 Å². The Morgan fingerprint density at radius 1 is 1.50 bits per heavy atom. The lowest BCUT2D eigenvalue weighted by atomic mass is 10.2. The molecule has 2 aromatic rings. The highest BCUT2D eigenvalue weighted by atomic mass is 79.9. The number of halogens is 2. The van der Waals surface area contributed by atoms with E-state index in [-0.39, 0.29) is 5.69 Å². The summed E-state index contributed by atoms with van der Waals surface area (Å²) >= 11 is 9.25. The SMILES string of the molecule is O=C(O)c1cc2c(Cl)c(Br)ccc2[nH]1. The number of carboxylic acid groups (broad SMARTS) is 1. The molecule has 14 heavy (non-hydrogen) atoms. The highest BCUT2D eigenvalue weighted by Gasteiger charge is 2.10. The van der Waals surface area contributed by atoms with E-state index in [1.54, 1.807) is 12.1 Å². The highest BCUT2D eigenvalue weighted by Crippen LogP contribution is 2.31. The Labute approximate surface area is 92.8 Å². The summed E-state index contributed by atoms with van der Waals surface area (Å²) in [6.45, 7) is 0. The number of H-pyrrole nitrogens is 1. The molecule has 3 nitrogen and oxygen atoms in total. The van der Waals surface area contributed by atoms with Crippen molar-refractivity contribution < 1.29 is 9.90 Å². The summed E-state index contributed by atoms with van der Waals surface area (Å²) in [5.74, 6) is -0.992. The van der Waals surface area contributed by atoms with Gasteiger partial charge < -0.3 is 10.1 Å². The van der Waals surface area contributed by atoms with Crippen LogP contribution >= 0.6 is 27.5 Å². The van der Waals surface area contributed by atoms with Gasteiger partial charge in [-0.3, -0.25) is 0 Å². The van der Waals surface area contributed by atoms with Crippen molar-refractivity contribution in [2.45, 2.75) is 0 Å². The lowest BCUT2D eigenvalue weighted by Gasteiger charge is -1.95. The first-order chi connectivity index (χ1) is 6.59. The first kappa shape index (κ1) is 9.55. The summed E-state index contributed by atoms with van der Waals surface area (Å²) in [7, 11) is 0. The topological polar surface area (TPSA) is 53.1 Å². The number of rotatable bonds is 1. The molecule has 1 heterocycles. The molecule has 1 aromatic carbocycles. The van der Waals surface area contributed by atoms with E-state index >= 15 is 0 Å². The zero-order valence-electron chi connectivity index (χ0n) is 6.84. The molecular formula is C9H5BrClNO2. The fourth-order valence-electron chi connectivity index (χ4n) is 1.26. The lowest BCUT2D eigenvalue weighted by Crippen LogP contribution is -1.94. The zero-order valence-corrected chi connectivity index (χ0v) is 9.19. The third-order valence-electron chi connectivity index (χ3n) is 1.92. The molecule has 0 saturated heterocycles. The smallest absolute Gasteiger partial charge is 0.352 e. The Morgan fingerprint density at radius 2 is 2.21 bits per heavy atom. The molecule has 0 fully saturated rings. The molecule has 0 aliphatic rings. The molecule has 0 aliphatic heterocycles. The van der Waals surface area contributed by atoms with Crippen LogP contribution in [0, 0.1) is 0 Å². The van der Waals surface area contributed by atoms with E-state index in [4.69, 9.17) is 16.7 Å². The summed E-state index contributed by atoms with van der Waals surface area (Å²) in [5, 5.41) is 9.99. The van der Waals surface area contributed by atoms with Gasteiger partial charge in [0.25, 0.3) is 0 Å². The highest BCUT2D eigenvalue weighted by molar-refractivity contribution is 9.10. The van der Waals surface area contributed by atoms with Gasteiger partial charge >= 0.3 is 5.97 Å². The minimum Gasteiger partial charge on any atom is -0.477 e. The fourth-order valence-corrected chi connectivity index (χ4v) is 1.82. The minimum absolute atomic E-state index is 0.139. The Balaban J connectivity index is 2.77. The van der Waals surface area contributed by atoms with E-state index < -0.39 is 5.97 Å². The molecule has 0 radical (unpaired) electrons. The third-order valence-corrected chi connectivity index (χ3v) is 3.22. The summed E-state index contributed by atoms with van der Waals surface area (Å²) < 4.78 is 0.752. The van der Waals surface area contributed by atoms with E-state index in [0.717, 1.165) is 9.99 Å². The van der Waals surface area contributed by atoms with Crippen molar-refractivity contribution in [2.24, 2.45) is 0 Å². The van der Waals surface area contributed by atoms with Crippen LogP contribution in [0.25, 0.3) is 10.9 Å². The molecule has 0 atom stereocenters. The predicted molar refractivity (Wildman–Crippen MR) is 58.0 cm³/mol. The number of aromatic nitrogens is 1. The van der Waals surface area contributed by atoms with Crippen molar-refractivity contribution in [1.29, 1.82) is 0 Å². The second-order valence-electron chi connectivity index (χ2n) is 2.81. The molecule has 0 saturated carbocycles. The van der Waals surface area contributed by atoms with Crippen LogP contribution in [0.4, 0.5) is 0 Å².